The van der Waals surface area contributed by atoms with Gasteiger partial charge in [-0.25, -0.2) is 4.79 Å². The van der Waals surface area contributed by atoms with Crippen molar-refractivity contribution in [2.24, 2.45) is 0 Å². The number of benzene rings is 1. The molecule has 6 heteroatoms. The van der Waals surface area contributed by atoms with Crippen molar-refractivity contribution in [1.29, 1.82) is 0 Å². The minimum absolute atomic E-state index is 0.0176. The normalized spacial score (nSPS) is 11.9. The van der Waals surface area contributed by atoms with Crippen LogP contribution in [0.1, 0.15) is 17.5 Å². The molecule has 0 saturated heterocycles. The number of hydrogen-bond donors (Lipinski definition) is 3. The number of thioether (sulfide) groups is 1. The van der Waals surface area contributed by atoms with Crippen molar-refractivity contribution >= 4 is 23.6 Å². The number of amides is 1. The molecule has 5 nitrogen and oxygen atoms in total. The number of aliphatic hydroxyl groups excluding tert-OH is 1. The molecule has 0 spiro atoms. The van der Waals surface area contributed by atoms with Gasteiger partial charge in [0.1, 0.15) is 6.04 Å². The summed E-state index contributed by atoms with van der Waals surface area (Å²) in [4.78, 5) is 22.4. The Kier molecular flexibility index (Phi) is 7.11. The Hall–Kier alpha value is -1.53. The molecule has 0 bridgehead atoms. The molecule has 20 heavy (non-hydrogen) atoms. The van der Waals surface area contributed by atoms with Gasteiger partial charge in [0.25, 0.3) is 0 Å². The van der Waals surface area contributed by atoms with E-state index >= 15 is 0 Å². The van der Waals surface area contributed by atoms with Gasteiger partial charge in [-0.15, -0.1) is 11.8 Å². The maximum Gasteiger partial charge on any atom is 0.326 e. The monoisotopic (exact) mass is 297 g/mol. The zero-order chi connectivity index (χ0) is 15.0. The maximum atomic E-state index is 11.6. The topological polar surface area (TPSA) is 86.6 Å². The summed E-state index contributed by atoms with van der Waals surface area (Å²) in [5.74, 6) is -0.562. The average Bonchev–Trinajstić information content (AvgIpc) is 2.40. The third-order valence-corrected chi connectivity index (χ3v) is 3.68. The minimum Gasteiger partial charge on any atom is -0.480 e. The summed E-state index contributed by atoms with van der Waals surface area (Å²) in [6.45, 7) is 1.74. The fraction of sp³-hybridized carbons (Fsp3) is 0.429. The maximum absolute atomic E-state index is 11.6. The highest BCUT2D eigenvalue weighted by molar-refractivity contribution is 7.99. The van der Waals surface area contributed by atoms with Crippen molar-refractivity contribution in [2.75, 3.05) is 12.4 Å². The molecular formula is C14H19NO4S. The third kappa shape index (κ3) is 6.08. The summed E-state index contributed by atoms with van der Waals surface area (Å²) < 4.78 is 0. The molecule has 1 rings (SSSR count). The number of aliphatic hydroxyl groups is 1. The highest BCUT2D eigenvalue weighted by atomic mass is 32.2. The summed E-state index contributed by atoms with van der Waals surface area (Å²) >= 11 is 1.42. The molecule has 1 amide bonds. The van der Waals surface area contributed by atoms with Gasteiger partial charge in [-0.05, 0) is 12.5 Å². The van der Waals surface area contributed by atoms with Crippen LogP contribution < -0.4 is 5.32 Å². The Morgan fingerprint density at radius 3 is 2.50 bits per heavy atom. The molecule has 0 aromatic heterocycles. The van der Waals surface area contributed by atoms with E-state index in [1.807, 2.05) is 31.2 Å². The van der Waals surface area contributed by atoms with Crippen molar-refractivity contribution in [3.8, 4) is 0 Å². The van der Waals surface area contributed by atoms with E-state index in [1.54, 1.807) is 0 Å². The SMILES string of the molecule is Cc1ccc(CSCC(=O)N[C@H](CCO)C(=O)O)cc1. The molecule has 1 atom stereocenters. The van der Waals surface area contributed by atoms with Crippen LogP contribution in [0.3, 0.4) is 0 Å². The zero-order valence-electron chi connectivity index (χ0n) is 11.3. The quantitative estimate of drug-likeness (QED) is 0.671. The summed E-state index contributed by atoms with van der Waals surface area (Å²) in [6.07, 6.45) is 0.0176. The van der Waals surface area contributed by atoms with Gasteiger partial charge in [0.2, 0.25) is 5.91 Å². The van der Waals surface area contributed by atoms with Gasteiger partial charge in [-0.2, -0.15) is 0 Å². The lowest BCUT2D eigenvalue weighted by Gasteiger charge is -2.12. The van der Waals surface area contributed by atoms with Crippen LogP contribution in [-0.4, -0.2) is 40.5 Å². The predicted molar refractivity (Wildman–Crippen MR) is 78.6 cm³/mol. The molecule has 0 aliphatic carbocycles. The number of nitrogens with one attached hydrogen (secondary N) is 1. The van der Waals surface area contributed by atoms with Gasteiger partial charge in [0.15, 0.2) is 0 Å². The van der Waals surface area contributed by atoms with Crippen LogP contribution in [0.25, 0.3) is 0 Å². The number of hydrogen-bond acceptors (Lipinski definition) is 4. The van der Waals surface area contributed by atoms with Gasteiger partial charge in [-0.3, -0.25) is 4.79 Å². The van der Waals surface area contributed by atoms with E-state index in [-0.39, 0.29) is 24.7 Å². The lowest BCUT2D eigenvalue weighted by Crippen LogP contribution is -2.42. The molecular weight excluding hydrogens is 278 g/mol. The smallest absolute Gasteiger partial charge is 0.326 e. The van der Waals surface area contributed by atoms with Crippen LogP contribution in [0.5, 0.6) is 0 Å². The fourth-order valence-electron chi connectivity index (χ4n) is 1.57. The van der Waals surface area contributed by atoms with Gasteiger partial charge >= 0.3 is 5.97 Å². The van der Waals surface area contributed by atoms with Gasteiger partial charge < -0.3 is 15.5 Å². The average molecular weight is 297 g/mol. The molecule has 0 unspecified atom stereocenters. The van der Waals surface area contributed by atoms with Crippen LogP contribution in [0.15, 0.2) is 24.3 Å². The van der Waals surface area contributed by atoms with Gasteiger partial charge in [-0.1, -0.05) is 29.8 Å². The first kappa shape index (κ1) is 16.5. The standard InChI is InChI=1S/C14H19NO4S/c1-10-2-4-11(5-3-10)8-20-9-13(17)15-12(6-7-16)14(18)19/h2-5,12,16H,6-9H2,1H3,(H,15,17)(H,18,19)/t12-/m1/s1. The lowest BCUT2D eigenvalue weighted by molar-refractivity contribution is -0.141. The number of carboxylic acid groups (broad SMARTS) is 1. The van der Waals surface area contributed by atoms with E-state index in [0.29, 0.717) is 5.75 Å². The molecule has 1 aromatic rings. The van der Waals surface area contributed by atoms with Crippen molar-refractivity contribution in [3.63, 3.8) is 0 Å². The predicted octanol–water partition coefficient (Wildman–Crippen LogP) is 1.18. The van der Waals surface area contributed by atoms with E-state index in [2.05, 4.69) is 5.32 Å². The number of rotatable bonds is 8. The van der Waals surface area contributed by atoms with Crippen molar-refractivity contribution in [1.82, 2.24) is 5.32 Å². The van der Waals surface area contributed by atoms with E-state index in [9.17, 15) is 9.59 Å². The highest BCUT2D eigenvalue weighted by Crippen LogP contribution is 2.12. The number of carboxylic acids is 1. The molecule has 0 heterocycles. The molecule has 0 saturated carbocycles. The molecule has 110 valence electrons. The molecule has 0 aliphatic rings. The minimum atomic E-state index is -1.13. The Morgan fingerprint density at radius 2 is 1.95 bits per heavy atom. The summed E-state index contributed by atoms with van der Waals surface area (Å²) in [6, 6.07) is 7.01. The highest BCUT2D eigenvalue weighted by Gasteiger charge is 2.18. The second kappa shape index (κ2) is 8.60. The van der Waals surface area contributed by atoms with Crippen LogP contribution >= 0.6 is 11.8 Å². The Morgan fingerprint density at radius 1 is 1.30 bits per heavy atom. The molecule has 3 N–H and O–H groups in total. The Labute approximate surface area is 122 Å². The van der Waals surface area contributed by atoms with Crippen molar-refractivity contribution < 1.29 is 19.8 Å². The van der Waals surface area contributed by atoms with E-state index < -0.39 is 12.0 Å². The number of carbonyl (C=O) groups is 2. The van der Waals surface area contributed by atoms with Crippen LogP contribution in [0, 0.1) is 6.92 Å². The van der Waals surface area contributed by atoms with Crippen LogP contribution in [0.2, 0.25) is 0 Å². The van der Waals surface area contributed by atoms with E-state index in [1.165, 1.54) is 17.3 Å². The molecule has 0 fully saturated rings. The Bertz CT molecular complexity index is 447. The summed E-state index contributed by atoms with van der Waals surface area (Å²) in [7, 11) is 0. The zero-order valence-corrected chi connectivity index (χ0v) is 12.2. The number of carbonyl (C=O) groups excluding carboxylic acids is 1. The first-order chi connectivity index (χ1) is 9.52. The summed E-state index contributed by atoms with van der Waals surface area (Å²) in [5, 5.41) is 20.0. The van der Waals surface area contributed by atoms with Gasteiger partial charge in [0, 0.05) is 18.8 Å². The Balaban J connectivity index is 2.32. The second-order valence-corrected chi connectivity index (χ2v) is 5.43. The van der Waals surface area contributed by atoms with Crippen LogP contribution in [-0.2, 0) is 15.3 Å². The molecule has 1 aromatic carbocycles. The molecule has 0 radical (unpaired) electrons. The van der Waals surface area contributed by atoms with E-state index in [0.717, 1.165) is 5.56 Å². The third-order valence-electron chi connectivity index (χ3n) is 2.67. The molecule has 0 aliphatic heterocycles. The van der Waals surface area contributed by atoms with Crippen molar-refractivity contribution in [3.05, 3.63) is 35.4 Å². The first-order valence-electron chi connectivity index (χ1n) is 6.29. The largest absolute Gasteiger partial charge is 0.480 e. The van der Waals surface area contributed by atoms with Crippen LogP contribution in [0.4, 0.5) is 0 Å². The number of aryl methyl sites for hydroxylation is 1. The fourth-order valence-corrected chi connectivity index (χ4v) is 2.37. The summed E-state index contributed by atoms with van der Waals surface area (Å²) in [5.41, 5.74) is 2.31. The van der Waals surface area contributed by atoms with Gasteiger partial charge in [0.05, 0.1) is 5.75 Å². The van der Waals surface area contributed by atoms with Crippen molar-refractivity contribution in [2.45, 2.75) is 25.1 Å². The number of aliphatic carboxylic acids is 1. The van der Waals surface area contributed by atoms with E-state index in [4.69, 9.17) is 10.2 Å². The second-order valence-electron chi connectivity index (χ2n) is 4.45. The first-order valence-corrected chi connectivity index (χ1v) is 7.44. The lowest BCUT2D eigenvalue weighted by atomic mass is 10.2.